The van der Waals surface area contributed by atoms with Crippen molar-refractivity contribution in [3.8, 4) is 0 Å². The number of alkyl carbamates (subject to hydrolysis) is 1. The molecule has 2 aliphatic heterocycles. The number of aryl methyl sites for hydroxylation is 1. The van der Waals surface area contributed by atoms with Crippen molar-refractivity contribution in [3.05, 3.63) is 98.8 Å². The van der Waals surface area contributed by atoms with E-state index in [0.29, 0.717) is 39.0 Å². The minimum Gasteiger partial charge on any atom is -0.444 e. The number of carbonyl (C=O) groups excluding carboxylic acids is 3. The normalized spacial score (nSPS) is 20.8. The maximum atomic E-state index is 15.5. The smallest absolute Gasteiger partial charge is 0.407 e. The van der Waals surface area contributed by atoms with Crippen LogP contribution in [0.4, 0.5) is 14.9 Å². The van der Waals surface area contributed by atoms with Gasteiger partial charge < -0.3 is 19.7 Å². The largest absolute Gasteiger partial charge is 0.444 e. The summed E-state index contributed by atoms with van der Waals surface area (Å²) in [5, 5.41) is 3.62. The molecule has 0 saturated carbocycles. The Hall–Kier alpha value is -3.44. The van der Waals surface area contributed by atoms with Gasteiger partial charge in [0.1, 0.15) is 23.6 Å². The molecule has 3 aromatic rings. The highest BCUT2D eigenvalue weighted by Gasteiger charge is 2.65. The van der Waals surface area contributed by atoms with Gasteiger partial charge in [-0.25, -0.2) is 9.18 Å². The average molecular weight is 743 g/mol. The summed E-state index contributed by atoms with van der Waals surface area (Å²) in [6.07, 6.45) is -0.714. The molecule has 1 N–H and O–H groups in total. The second-order valence-electron chi connectivity index (χ2n) is 15.3. The van der Waals surface area contributed by atoms with Crippen molar-refractivity contribution in [2.75, 3.05) is 31.3 Å². The van der Waals surface area contributed by atoms with Gasteiger partial charge >= 0.3 is 6.09 Å². The minimum atomic E-state index is -1.45. The van der Waals surface area contributed by atoms with E-state index in [1.54, 1.807) is 67.0 Å². The first-order valence-electron chi connectivity index (χ1n) is 16.9. The zero-order valence-electron chi connectivity index (χ0n) is 29.7. The van der Waals surface area contributed by atoms with Gasteiger partial charge in [0.25, 0.3) is 0 Å². The number of piperidine rings is 1. The van der Waals surface area contributed by atoms with Gasteiger partial charge in [-0.3, -0.25) is 14.5 Å². The van der Waals surface area contributed by atoms with Crippen molar-refractivity contribution in [2.24, 2.45) is 0 Å². The minimum absolute atomic E-state index is 0.0241. The predicted molar refractivity (Wildman–Crippen MR) is 198 cm³/mol. The average Bonchev–Trinajstić information content (AvgIpc) is 3.23. The Morgan fingerprint density at radius 2 is 1.76 bits per heavy atom. The Bertz CT molecular complexity index is 1780. The van der Waals surface area contributed by atoms with Crippen LogP contribution in [0.3, 0.4) is 0 Å². The van der Waals surface area contributed by atoms with Crippen LogP contribution in [0.1, 0.15) is 61.4 Å². The van der Waals surface area contributed by atoms with Crippen molar-refractivity contribution in [3.63, 3.8) is 0 Å². The number of hydrogen-bond donors (Lipinski definition) is 1. The van der Waals surface area contributed by atoms with Crippen LogP contribution in [0.2, 0.25) is 35.7 Å². The third-order valence-electron chi connectivity index (χ3n) is 9.31. The number of ether oxygens (including phenoxy) is 2. The lowest BCUT2D eigenvalue weighted by Crippen LogP contribution is -2.60. The molecule has 3 amide bonds. The summed E-state index contributed by atoms with van der Waals surface area (Å²) in [6, 6.07) is 16.9. The molecule has 0 bridgehead atoms. The first-order valence-corrected chi connectivity index (χ1v) is 21.4. The van der Waals surface area contributed by atoms with Crippen LogP contribution in [0, 0.1) is 12.7 Å². The maximum Gasteiger partial charge on any atom is 0.407 e. The van der Waals surface area contributed by atoms with E-state index >= 15 is 9.18 Å². The summed E-state index contributed by atoms with van der Waals surface area (Å²) in [4.78, 5) is 45.9. The Kier molecular flexibility index (Phi) is 11.1. The number of halogens is 3. The molecule has 5 rings (SSSR count). The van der Waals surface area contributed by atoms with Gasteiger partial charge in [0.05, 0.1) is 11.7 Å². The van der Waals surface area contributed by atoms with E-state index in [1.807, 2.05) is 19.1 Å². The van der Waals surface area contributed by atoms with Gasteiger partial charge in [-0.1, -0.05) is 67.1 Å². The van der Waals surface area contributed by atoms with E-state index in [-0.39, 0.29) is 38.1 Å². The van der Waals surface area contributed by atoms with Gasteiger partial charge in [0, 0.05) is 50.2 Å². The predicted octanol–water partition coefficient (Wildman–Crippen LogP) is 8.62. The topological polar surface area (TPSA) is 88.2 Å². The number of hydrogen-bond acceptors (Lipinski definition) is 5. The number of anilines is 1. The van der Waals surface area contributed by atoms with E-state index in [1.165, 1.54) is 12.1 Å². The zero-order valence-corrected chi connectivity index (χ0v) is 32.3. The molecule has 2 aliphatic rings. The lowest BCUT2D eigenvalue weighted by atomic mass is 9.58. The highest BCUT2D eigenvalue weighted by Crippen LogP contribution is 2.62. The van der Waals surface area contributed by atoms with Gasteiger partial charge in [-0.15, -0.1) is 0 Å². The third kappa shape index (κ3) is 7.88. The van der Waals surface area contributed by atoms with Crippen LogP contribution in [0.25, 0.3) is 0 Å². The molecule has 1 spiro atoms. The van der Waals surface area contributed by atoms with Crippen LogP contribution < -0.4 is 10.2 Å². The monoisotopic (exact) mass is 741 g/mol. The molecule has 3 aromatic carbocycles. The summed E-state index contributed by atoms with van der Waals surface area (Å²) in [5.41, 5.74) is 0.994. The number of benzene rings is 3. The van der Waals surface area contributed by atoms with Crippen molar-refractivity contribution in [1.82, 2.24) is 10.2 Å². The summed E-state index contributed by atoms with van der Waals surface area (Å²) >= 11 is 13.2. The molecule has 12 heteroatoms. The number of carbonyl (C=O) groups is 3. The Morgan fingerprint density at radius 1 is 1.04 bits per heavy atom. The van der Waals surface area contributed by atoms with E-state index in [4.69, 9.17) is 32.7 Å². The number of amides is 3. The summed E-state index contributed by atoms with van der Waals surface area (Å²) in [5.74, 6) is -1.79. The molecule has 2 heterocycles. The zero-order chi connectivity index (χ0) is 36.6. The van der Waals surface area contributed by atoms with Gasteiger partial charge in [-0.2, -0.15) is 0 Å². The molecular formula is C38H46Cl2FN3O5Si. The lowest BCUT2D eigenvalue weighted by Gasteiger charge is -2.52. The highest BCUT2D eigenvalue weighted by atomic mass is 35.5. The van der Waals surface area contributed by atoms with Crippen LogP contribution >= 0.6 is 23.2 Å². The van der Waals surface area contributed by atoms with Crippen LogP contribution in [-0.2, 0) is 24.5 Å². The highest BCUT2D eigenvalue weighted by molar-refractivity contribution is 6.76. The summed E-state index contributed by atoms with van der Waals surface area (Å²) < 4.78 is 26.7. The van der Waals surface area contributed by atoms with Gasteiger partial charge in [0.15, 0.2) is 0 Å². The van der Waals surface area contributed by atoms with E-state index in [9.17, 15) is 9.59 Å². The quantitative estimate of drug-likeness (QED) is 0.166. The number of fused-ring (bicyclic) bond motifs is 2. The molecule has 268 valence electrons. The summed E-state index contributed by atoms with van der Waals surface area (Å²) in [7, 11) is -1.43. The molecule has 3 atom stereocenters. The van der Waals surface area contributed by atoms with Crippen LogP contribution in [-0.4, -0.2) is 62.9 Å². The summed E-state index contributed by atoms with van der Waals surface area (Å²) in [6.45, 7) is 14.5. The molecule has 8 nitrogen and oxygen atoms in total. The first-order chi connectivity index (χ1) is 23.4. The van der Waals surface area contributed by atoms with Crippen molar-refractivity contribution in [2.45, 2.75) is 82.8 Å². The van der Waals surface area contributed by atoms with E-state index in [0.717, 1.165) is 11.6 Å². The number of nitrogens with zero attached hydrogens (tertiary/aromatic N) is 2. The molecular weight excluding hydrogens is 696 g/mol. The fourth-order valence-electron chi connectivity index (χ4n) is 7.13. The van der Waals surface area contributed by atoms with E-state index < -0.39 is 43.0 Å². The van der Waals surface area contributed by atoms with Gasteiger partial charge in [0.2, 0.25) is 11.8 Å². The van der Waals surface area contributed by atoms with Crippen molar-refractivity contribution >= 4 is 54.9 Å². The Labute approximate surface area is 305 Å². The van der Waals surface area contributed by atoms with Crippen LogP contribution in [0.15, 0.2) is 60.7 Å². The SMILES string of the molecule is Cc1ccc(F)cc1C1CC(=O)N(CCNC(=O)OC(C)(C)C)[C@@H](c2cccc(Cl)c2)[C@]12C(=O)N(COCC[Si](C)(C)C)c1cc(Cl)ccc12. The fraction of sp³-hybridized carbons (Fsp3) is 0.447. The Morgan fingerprint density at radius 3 is 2.44 bits per heavy atom. The standard InChI is InChI=1S/C38H46Cl2FN3O5Si/c1-24-11-13-28(41)21-29(24)31-22-33(45)43(16-15-42-36(47)49-37(2,3)4)34(25-9-8-10-26(39)19-25)38(31)30-14-12-27(40)20-32(30)44(35(38)46)23-48-17-18-50(5,6)7/h8-14,19-21,31,34H,15-18,22-23H2,1-7H3,(H,42,47)/t31?,34-,38+/m0/s1. The number of rotatable bonds is 10. The lowest BCUT2D eigenvalue weighted by molar-refractivity contribution is -0.146. The molecule has 1 fully saturated rings. The number of nitrogens with one attached hydrogen (secondary N) is 1. The molecule has 0 radical (unpaired) electrons. The Balaban J connectivity index is 1.71. The van der Waals surface area contributed by atoms with Crippen molar-refractivity contribution < 1.29 is 28.2 Å². The molecule has 0 aromatic heterocycles. The molecule has 50 heavy (non-hydrogen) atoms. The molecule has 1 unspecified atom stereocenters. The third-order valence-corrected chi connectivity index (χ3v) is 11.5. The van der Waals surface area contributed by atoms with Crippen molar-refractivity contribution in [1.29, 1.82) is 0 Å². The number of likely N-dealkylation sites (tertiary alicyclic amines) is 1. The second kappa shape index (κ2) is 14.7. The fourth-order valence-corrected chi connectivity index (χ4v) is 8.25. The maximum absolute atomic E-state index is 15.5. The van der Waals surface area contributed by atoms with Gasteiger partial charge in [-0.05, 0) is 92.4 Å². The van der Waals surface area contributed by atoms with E-state index in [2.05, 4.69) is 25.0 Å². The molecule has 0 aliphatic carbocycles. The second-order valence-corrected chi connectivity index (χ2v) is 21.8. The van der Waals surface area contributed by atoms with Crippen LogP contribution in [0.5, 0.6) is 0 Å². The molecule has 1 saturated heterocycles. The first kappa shape index (κ1) is 37.8.